The molecule has 1 fully saturated rings. The van der Waals surface area contributed by atoms with Gasteiger partial charge < -0.3 is 20.2 Å². The van der Waals surface area contributed by atoms with Crippen LogP contribution in [0.1, 0.15) is 45.1 Å². The normalized spacial score (nSPS) is 19.2. The van der Waals surface area contributed by atoms with E-state index < -0.39 is 17.6 Å². The van der Waals surface area contributed by atoms with Gasteiger partial charge in [0.05, 0.1) is 12.2 Å². The maximum absolute atomic E-state index is 12.9. The lowest BCUT2D eigenvalue weighted by Gasteiger charge is -2.39. The van der Waals surface area contributed by atoms with Crippen LogP contribution in [-0.4, -0.2) is 67.7 Å². The third-order valence-electron chi connectivity index (χ3n) is 5.26. The van der Waals surface area contributed by atoms with Crippen molar-refractivity contribution >= 4 is 18.0 Å². The van der Waals surface area contributed by atoms with E-state index in [1.54, 1.807) is 15.7 Å². The molecule has 3 heterocycles. The number of aromatic nitrogens is 2. The highest BCUT2D eigenvalue weighted by Gasteiger charge is 2.39. The highest BCUT2D eigenvalue weighted by Crippen LogP contribution is 2.27. The van der Waals surface area contributed by atoms with Crippen molar-refractivity contribution in [3.63, 3.8) is 0 Å². The largest absolute Gasteiger partial charge is 0.465 e. The Morgan fingerprint density at radius 2 is 1.93 bits per heavy atom. The van der Waals surface area contributed by atoms with Crippen molar-refractivity contribution in [2.45, 2.75) is 59.2 Å². The summed E-state index contributed by atoms with van der Waals surface area (Å²) in [6.45, 7) is 8.88. The van der Waals surface area contributed by atoms with Crippen LogP contribution >= 0.6 is 0 Å². The van der Waals surface area contributed by atoms with Crippen LogP contribution in [0.15, 0.2) is 6.20 Å². The van der Waals surface area contributed by atoms with E-state index in [-0.39, 0.29) is 18.0 Å². The fourth-order valence-electron chi connectivity index (χ4n) is 3.82. The Bertz CT molecular complexity index is 758. The van der Waals surface area contributed by atoms with Gasteiger partial charge in [-0.2, -0.15) is 0 Å². The van der Waals surface area contributed by atoms with Gasteiger partial charge in [0.1, 0.15) is 11.9 Å². The average Bonchev–Trinajstić information content (AvgIpc) is 3.09. The number of nitrogens with one attached hydrogen (secondary N) is 1. The van der Waals surface area contributed by atoms with Crippen molar-refractivity contribution in [2.24, 2.45) is 5.41 Å². The Labute approximate surface area is 158 Å². The zero-order valence-corrected chi connectivity index (χ0v) is 16.2. The lowest BCUT2D eigenvalue weighted by atomic mass is 9.85. The van der Waals surface area contributed by atoms with Gasteiger partial charge in [-0.05, 0) is 25.2 Å². The SMILES string of the molecule is Cc1cn2c(n1)CN(C1CCN(C(=O)[C@H](NC(=O)O)C(C)(C)C)CC1)C2=O. The van der Waals surface area contributed by atoms with Crippen molar-refractivity contribution < 1.29 is 19.5 Å². The first-order chi connectivity index (χ1) is 12.6. The molecule has 0 spiro atoms. The molecule has 0 unspecified atom stereocenters. The van der Waals surface area contributed by atoms with Crippen LogP contribution in [0.4, 0.5) is 9.59 Å². The Balaban J connectivity index is 1.62. The van der Waals surface area contributed by atoms with Crippen LogP contribution < -0.4 is 5.32 Å². The lowest BCUT2D eigenvalue weighted by molar-refractivity contribution is -0.137. The Morgan fingerprint density at radius 3 is 2.44 bits per heavy atom. The summed E-state index contributed by atoms with van der Waals surface area (Å²) in [5.74, 6) is 0.550. The molecule has 2 aliphatic rings. The molecular weight excluding hydrogens is 350 g/mol. The minimum atomic E-state index is -1.20. The van der Waals surface area contributed by atoms with Gasteiger partial charge in [-0.25, -0.2) is 14.6 Å². The van der Waals surface area contributed by atoms with E-state index in [9.17, 15) is 14.4 Å². The third-order valence-corrected chi connectivity index (χ3v) is 5.26. The summed E-state index contributed by atoms with van der Waals surface area (Å²) >= 11 is 0. The fraction of sp³-hybridized carbons (Fsp3) is 0.667. The third kappa shape index (κ3) is 3.77. The summed E-state index contributed by atoms with van der Waals surface area (Å²) in [4.78, 5) is 44.4. The molecule has 148 valence electrons. The van der Waals surface area contributed by atoms with Crippen molar-refractivity contribution in [1.29, 1.82) is 0 Å². The van der Waals surface area contributed by atoms with Gasteiger partial charge >= 0.3 is 12.1 Å². The highest BCUT2D eigenvalue weighted by molar-refractivity contribution is 5.86. The number of aryl methyl sites for hydroxylation is 1. The number of hydrogen-bond acceptors (Lipinski definition) is 4. The van der Waals surface area contributed by atoms with Gasteiger partial charge in [0.2, 0.25) is 5.91 Å². The number of likely N-dealkylation sites (tertiary alicyclic amines) is 1. The van der Waals surface area contributed by atoms with Gasteiger partial charge in [-0.3, -0.25) is 9.36 Å². The highest BCUT2D eigenvalue weighted by atomic mass is 16.4. The van der Waals surface area contributed by atoms with Gasteiger partial charge in [0.25, 0.3) is 0 Å². The molecule has 9 nitrogen and oxygen atoms in total. The second-order valence-electron chi connectivity index (χ2n) is 8.38. The Hall–Kier alpha value is -2.58. The Kier molecular flexibility index (Phi) is 4.88. The topological polar surface area (TPSA) is 108 Å². The first-order valence-electron chi connectivity index (χ1n) is 9.22. The van der Waals surface area contributed by atoms with E-state index in [1.165, 1.54) is 0 Å². The number of nitrogens with zero attached hydrogens (tertiary/aromatic N) is 4. The number of amides is 3. The molecule has 0 saturated carbocycles. The second kappa shape index (κ2) is 6.86. The first-order valence-corrected chi connectivity index (χ1v) is 9.22. The van der Waals surface area contributed by atoms with Crippen LogP contribution in [0.2, 0.25) is 0 Å². The number of hydrogen-bond donors (Lipinski definition) is 2. The van der Waals surface area contributed by atoms with Crippen LogP contribution in [0.5, 0.6) is 0 Å². The molecule has 2 N–H and O–H groups in total. The molecule has 1 saturated heterocycles. The molecular formula is C18H27N5O4. The van der Waals surface area contributed by atoms with Gasteiger partial charge in [0.15, 0.2) is 0 Å². The quantitative estimate of drug-likeness (QED) is 0.833. The molecule has 0 aromatic carbocycles. The summed E-state index contributed by atoms with van der Waals surface area (Å²) in [5.41, 5.74) is 0.308. The Morgan fingerprint density at radius 1 is 1.30 bits per heavy atom. The molecule has 1 aromatic rings. The maximum atomic E-state index is 12.9. The molecule has 27 heavy (non-hydrogen) atoms. The molecule has 1 aromatic heterocycles. The van der Waals surface area contributed by atoms with Crippen molar-refractivity contribution in [3.05, 3.63) is 17.7 Å². The van der Waals surface area contributed by atoms with Crippen molar-refractivity contribution in [2.75, 3.05) is 13.1 Å². The minimum Gasteiger partial charge on any atom is -0.465 e. The smallest absolute Gasteiger partial charge is 0.405 e. The summed E-state index contributed by atoms with van der Waals surface area (Å²) in [7, 11) is 0. The predicted molar refractivity (Wildman–Crippen MR) is 97.3 cm³/mol. The monoisotopic (exact) mass is 377 g/mol. The molecule has 3 amide bonds. The van der Waals surface area contributed by atoms with Crippen LogP contribution in [0, 0.1) is 12.3 Å². The predicted octanol–water partition coefficient (Wildman–Crippen LogP) is 1.65. The van der Waals surface area contributed by atoms with Gasteiger partial charge in [-0.1, -0.05) is 20.8 Å². The summed E-state index contributed by atoms with van der Waals surface area (Å²) in [5, 5.41) is 11.4. The first kappa shape index (κ1) is 19.2. The van der Waals surface area contributed by atoms with Crippen LogP contribution in [-0.2, 0) is 11.3 Å². The number of rotatable bonds is 3. The van der Waals surface area contributed by atoms with Crippen molar-refractivity contribution in [1.82, 2.24) is 24.7 Å². The summed E-state index contributed by atoms with van der Waals surface area (Å²) in [6, 6.07) is -0.799. The second-order valence-corrected chi connectivity index (χ2v) is 8.38. The molecule has 0 radical (unpaired) electrons. The number of imidazole rings is 1. The zero-order chi connectivity index (χ0) is 19.9. The molecule has 2 aliphatic heterocycles. The van der Waals surface area contributed by atoms with Crippen LogP contribution in [0.3, 0.4) is 0 Å². The molecule has 1 atom stereocenters. The van der Waals surface area contributed by atoms with E-state index >= 15 is 0 Å². The number of fused-ring (bicyclic) bond motifs is 1. The summed E-state index contributed by atoms with van der Waals surface area (Å²) < 4.78 is 1.60. The van der Waals surface area contributed by atoms with Gasteiger partial charge in [0, 0.05) is 25.3 Å². The average molecular weight is 377 g/mol. The number of carboxylic acid groups (broad SMARTS) is 1. The molecule has 0 bridgehead atoms. The van der Waals surface area contributed by atoms with Gasteiger partial charge in [-0.15, -0.1) is 0 Å². The zero-order valence-electron chi connectivity index (χ0n) is 16.2. The van der Waals surface area contributed by atoms with E-state index in [1.807, 2.05) is 32.6 Å². The fourth-order valence-corrected chi connectivity index (χ4v) is 3.82. The van der Waals surface area contributed by atoms with Crippen molar-refractivity contribution in [3.8, 4) is 0 Å². The summed E-state index contributed by atoms with van der Waals surface area (Å²) in [6.07, 6.45) is 1.89. The molecule has 0 aliphatic carbocycles. The standard InChI is InChI=1S/C18H27N5O4/c1-11-9-23-13(19-11)10-22(17(23)27)12-5-7-21(8-6-12)15(24)14(18(2,3)4)20-16(25)26/h9,12,14,20H,5-8,10H2,1-4H3,(H,25,26)/t14-/m0/s1. The van der Waals surface area contributed by atoms with E-state index in [0.29, 0.717) is 32.5 Å². The maximum Gasteiger partial charge on any atom is 0.405 e. The lowest BCUT2D eigenvalue weighted by Crippen LogP contribution is -2.57. The minimum absolute atomic E-state index is 0.0593. The van der Waals surface area contributed by atoms with Crippen LogP contribution in [0.25, 0.3) is 0 Å². The number of piperidine rings is 1. The van der Waals surface area contributed by atoms with E-state index in [2.05, 4.69) is 10.3 Å². The number of carbonyl (C=O) groups is 3. The van der Waals surface area contributed by atoms with E-state index in [4.69, 9.17) is 5.11 Å². The number of carbonyl (C=O) groups excluding carboxylic acids is 2. The molecule has 3 rings (SSSR count). The molecule has 9 heteroatoms. The van der Waals surface area contributed by atoms with E-state index in [0.717, 1.165) is 11.5 Å².